The van der Waals surface area contributed by atoms with Crippen molar-refractivity contribution in [2.24, 2.45) is 0 Å². The lowest BCUT2D eigenvalue weighted by atomic mass is 10.3. The van der Waals surface area contributed by atoms with E-state index < -0.39 is 0 Å². The van der Waals surface area contributed by atoms with Gasteiger partial charge in [0.25, 0.3) is 0 Å². The van der Waals surface area contributed by atoms with Crippen molar-refractivity contribution in [2.45, 2.75) is 39.7 Å². The van der Waals surface area contributed by atoms with Crippen LogP contribution in [0.1, 0.15) is 32.5 Å². The van der Waals surface area contributed by atoms with Crippen LogP contribution >= 0.6 is 0 Å². The number of nitrogens with zero attached hydrogens (tertiary/aromatic N) is 2. The summed E-state index contributed by atoms with van der Waals surface area (Å²) in [6, 6.07) is 8.41. The first kappa shape index (κ1) is 10.2. The summed E-state index contributed by atoms with van der Waals surface area (Å²) in [6.07, 6.45) is 3.40. The SMILES string of the molecule is CCCc1nc2ccccc2n1CCC. The molecule has 0 spiro atoms. The molecule has 0 amide bonds. The lowest BCUT2D eigenvalue weighted by molar-refractivity contribution is 0.646. The van der Waals surface area contributed by atoms with Crippen LogP contribution in [0, 0.1) is 0 Å². The molecule has 0 saturated carbocycles. The third-order valence-electron chi connectivity index (χ3n) is 2.65. The van der Waals surface area contributed by atoms with Gasteiger partial charge < -0.3 is 4.57 Å². The quantitative estimate of drug-likeness (QED) is 0.743. The fourth-order valence-corrected chi connectivity index (χ4v) is 2.01. The molecule has 1 aromatic heterocycles. The molecule has 0 aliphatic heterocycles. The monoisotopic (exact) mass is 202 g/mol. The fourth-order valence-electron chi connectivity index (χ4n) is 2.01. The Morgan fingerprint density at radius 1 is 1.13 bits per heavy atom. The predicted octanol–water partition coefficient (Wildman–Crippen LogP) is 3.40. The molecule has 2 aromatic rings. The zero-order valence-corrected chi connectivity index (χ0v) is 9.53. The Kier molecular flexibility index (Phi) is 3.05. The van der Waals surface area contributed by atoms with E-state index in [1.165, 1.54) is 11.3 Å². The van der Waals surface area contributed by atoms with Gasteiger partial charge in [-0.25, -0.2) is 4.98 Å². The first-order valence-electron chi connectivity index (χ1n) is 5.81. The maximum absolute atomic E-state index is 4.68. The zero-order valence-electron chi connectivity index (χ0n) is 9.53. The van der Waals surface area contributed by atoms with E-state index in [4.69, 9.17) is 0 Å². The van der Waals surface area contributed by atoms with Crippen molar-refractivity contribution in [3.05, 3.63) is 30.1 Å². The number of benzene rings is 1. The van der Waals surface area contributed by atoms with Gasteiger partial charge in [-0.3, -0.25) is 0 Å². The highest BCUT2D eigenvalue weighted by Gasteiger charge is 2.07. The van der Waals surface area contributed by atoms with Crippen molar-refractivity contribution in [1.29, 1.82) is 0 Å². The molecule has 1 heterocycles. The minimum Gasteiger partial charge on any atom is -0.328 e. The molecule has 15 heavy (non-hydrogen) atoms. The Hall–Kier alpha value is -1.31. The summed E-state index contributed by atoms with van der Waals surface area (Å²) in [4.78, 5) is 4.68. The average Bonchev–Trinajstić information content (AvgIpc) is 2.59. The van der Waals surface area contributed by atoms with Crippen LogP contribution in [-0.4, -0.2) is 9.55 Å². The molecule has 2 rings (SSSR count). The van der Waals surface area contributed by atoms with Gasteiger partial charge in [-0.2, -0.15) is 0 Å². The van der Waals surface area contributed by atoms with E-state index in [1.54, 1.807) is 0 Å². The average molecular weight is 202 g/mol. The lowest BCUT2D eigenvalue weighted by Gasteiger charge is -2.06. The van der Waals surface area contributed by atoms with Crippen molar-refractivity contribution in [1.82, 2.24) is 9.55 Å². The van der Waals surface area contributed by atoms with Crippen molar-refractivity contribution in [2.75, 3.05) is 0 Å². The predicted molar refractivity (Wildman–Crippen MR) is 64.0 cm³/mol. The van der Waals surface area contributed by atoms with Crippen LogP contribution in [0.15, 0.2) is 24.3 Å². The highest BCUT2D eigenvalue weighted by Crippen LogP contribution is 2.17. The van der Waals surface area contributed by atoms with E-state index in [2.05, 4.69) is 47.7 Å². The van der Waals surface area contributed by atoms with Gasteiger partial charge in [-0.15, -0.1) is 0 Å². The summed E-state index contributed by atoms with van der Waals surface area (Å²) in [5.41, 5.74) is 2.41. The van der Waals surface area contributed by atoms with Gasteiger partial charge >= 0.3 is 0 Å². The third kappa shape index (κ3) is 1.89. The molecule has 2 heteroatoms. The Morgan fingerprint density at radius 3 is 2.67 bits per heavy atom. The Morgan fingerprint density at radius 2 is 1.93 bits per heavy atom. The van der Waals surface area contributed by atoms with Crippen LogP contribution in [0.5, 0.6) is 0 Å². The number of hydrogen-bond donors (Lipinski definition) is 0. The van der Waals surface area contributed by atoms with Gasteiger partial charge in [0.1, 0.15) is 5.82 Å². The van der Waals surface area contributed by atoms with Crippen molar-refractivity contribution in [3.63, 3.8) is 0 Å². The number of para-hydroxylation sites is 2. The summed E-state index contributed by atoms with van der Waals surface area (Å²) in [6.45, 7) is 5.50. The number of aromatic nitrogens is 2. The zero-order chi connectivity index (χ0) is 10.7. The number of rotatable bonds is 4. The number of hydrogen-bond acceptors (Lipinski definition) is 1. The van der Waals surface area contributed by atoms with Crippen LogP contribution < -0.4 is 0 Å². The van der Waals surface area contributed by atoms with Crippen LogP contribution in [0.2, 0.25) is 0 Å². The first-order chi connectivity index (χ1) is 7.36. The third-order valence-corrected chi connectivity index (χ3v) is 2.65. The highest BCUT2D eigenvalue weighted by molar-refractivity contribution is 5.75. The van der Waals surface area contributed by atoms with E-state index in [-0.39, 0.29) is 0 Å². The maximum Gasteiger partial charge on any atom is 0.109 e. The molecule has 0 unspecified atom stereocenters. The van der Waals surface area contributed by atoms with Crippen LogP contribution in [0.4, 0.5) is 0 Å². The topological polar surface area (TPSA) is 17.8 Å². The lowest BCUT2D eigenvalue weighted by Crippen LogP contribution is -2.02. The van der Waals surface area contributed by atoms with E-state index in [0.29, 0.717) is 0 Å². The summed E-state index contributed by atoms with van der Waals surface area (Å²) < 4.78 is 2.36. The van der Waals surface area contributed by atoms with Crippen molar-refractivity contribution < 1.29 is 0 Å². The smallest absolute Gasteiger partial charge is 0.109 e. The molecule has 80 valence electrons. The van der Waals surface area contributed by atoms with Crippen molar-refractivity contribution in [3.8, 4) is 0 Å². The van der Waals surface area contributed by atoms with Crippen molar-refractivity contribution >= 4 is 11.0 Å². The van der Waals surface area contributed by atoms with E-state index in [1.807, 2.05) is 0 Å². The van der Waals surface area contributed by atoms with Gasteiger partial charge in [0.2, 0.25) is 0 Å². The molecule has 0 radical (unpaired) electrons. The first-order valence-corrected chi connectivity index (χ1v) is 5.81. The second-order valence-corrected chi connectivity index (χ2v) is 3.92. The molecule has 0 fully saturated rings. The van der Waals surface area contributed by atoms with Crippen LogP contribution in [0.3, 0.4) is 0 Å². The molecular weight excluding hydrogens is 184 g/mol. The normalized spacial score (nSPS) is 11.1. The molecule has 0 aliphatic rings. The van der Waals surface area contributed by atoms with Gasteiger partial charge in [0.05, 0.1) is 11.0 Å². The van der Waals surface area contributed by atoms with Crippen LogP contribution in [-0.2, 0) is 13.0 Å². The molecule has 0 aliphatic carbocycles. The second-order valence-electron chi connectivity index (χ2n) is 3.92. The van der Waals surface area contributed by atoms with Gasteiger partial charge in [0.15, 0.2) is 0 Å². The Balaban J connectivity index is 2.53. The van der Waals surface area contributed by atoms with E-state index >= 15 is 0 Å². The molecule has 1 aromatic carbocycles. The number of aryl methyl sites for hydroxylation is 2. The standard InChI is InChI=1S/C13H18N2/c1-3-7-13-14-11-8-5-6-9-12(11)15(13)10-4-2/h5-6,8-9H,3-4,7,10H2,1-2H3. The fraction of sp³-hybridized carbons (Fsp3) is 0.462. The van der Waals surface area contributed by atoms with E-state index in [0.717, 1.165) is 31.3 Å². The summed E-state index contributed by atoms with van der Waals surface area (Å²) in [5, 5.41) is 0. The largest absolute Gasteiger partial charge is 0.328 e. The number of imidazole rings is 1. The summed E-state index contributed by atoms with van der Waals surface area (Å²) in [5.74, 6) is 1.24. The molecule has 0 atom stereocenters. The maximum atomic E-state index is 4.68. The highest BCUT2D eigenvalue weighted by atomic mass is 15.1. The molecule has 0 N–H and O–H groups in total. The van der Waals surface area contributed by atoms with Gasteiger partial charge in [-0.05, 0) is 25.0 Å². The van der Waals surface area contributed by atoms with Gasteiger partial charge in [-0.1, -0.05) is 26.0 Å². The molecule has 0 bridgehead atoms. The Labute approximate surface area is 90.9 Å². The minimum atomic E-state index is 1.08. The summed E-state index contributed by atoms with van der Waals surface area (Å²) in [7, 11) is 0. The van der Waals surface area contributed by atoms with Gasteiger partial charge in [0, 0.05) is 13.0 Å². The second kappa shape index (κ2) is 4.47. The molecule has 2 nitrogen and oxygen atoms in total. The minimum absolute atomic E-state index is 1.08. The summed E-state index contributed by atoms with van der Waals surface area (Å²) >= 11 is 0. The molecular formula is C13H18N2. The Bertz CT molecular complexity index is 443. The number of fused-ring (bicyclic) bond motifs is 1. The van der Waals surface area contributed by atoms with Crippen LogP contribution in [0.25, 0.3) is 11.0 Å². The molecule has 0 saturated heterocycles. The van der Waals surface area contributed by atoms with E-state index in [9.17, 15) is 0 Å².